The highest BCUT2D eigenvalue weighted by molar-refractivity contribution is 8.04. The van der Waals surface area contributed by atoms with Crippen LogP contribution in [0.5, 0.6) is 0 Å². The minimum Gasteiger partial charge on any atom is -0.477 e. The molecular formula is C20H22N4O4S. The number of aryl methyl sites for hydroxylation is 1. The predicted octanol–water partition coefficient (Wildman–Crippen LogP) is 3.41. The van der Waals surface area contributed by atoms with E-state index in [1.807, 2.05) is 42.7 Å². The summed E-state index contributed by atoms with van der Waals surface area (Å²) in [6.45, 7) is 5.92. The van der Waals surface area contributed by atoms with Crippen LogP contribution in [0.25, 0.3) is 17.0 Å². The smallest absolute Gasteiger partial charge is 0.342 e. The SMILES string of the molecule is CCOC(=O)Cn1c(C)c(/C=C(\Sc2n[nH]c(CC)n2)C(=O)O)c2ccccc21. The molecule has 3 aromatic rings. The molecule has 152 valence electrons. The lowest BCUT2D eigenvalue weighted by Crippen LogP contribution is -2.14. The maximum Gasteiger partial charge on any atom is 0.342 e. The lowest BCUT2D eigenvalue weighted by atomic mass is 10.1. The number of carboxylic acids is 1. The van der Waals surface area contributed by atoms with E-state index in [1.165, 1.54) is 0 Å². The summed E-state index contributed by atoms with van der Waals surface area (Å²) in [6, 6.07) is 7.56. The Labute approximate surface area is 172 Å². The van der Waals surface area contributed by atoms with Gasteiger partial charge in [-0.1, -0.05) is 25.1 Å². The lowest BCUT2D eigenvalue weighted by molar-refractivity contribution is -0.143. The fourth-order valence-corrected chi connectivity index (χ4v) is 3.73. The molecule has 0 aliphatic rings. The number of aliphatic carboxylic acids is 1. The third-order valence-electron chi connectivity index (χ3n) is 4.41. The van der Waals surface area contributed by atoms with Crippen molar-refractivity contribution in [1.29, 1.82) is 0 Å². The average Bonchev–Trinajstić information content (AvgIpc) is 3.26. The van der Waals surface area contributed by atoms with Gasteiger partial charge in [0, 0.05) is 28.6 Å². The van der Waals surface area contributed by atoms with Gasteiger partial charge in [0.2, 0.25) is 5.16 Å². The molecule has 8 nitrogen and oxygen atoms in total. The number of carboxylic acid groups (broad SMARTS) is 1. The van der Waals surface area contributed by atoms with Crippen LogP contribution >= 0.6 is 11.8 Å². The normalized spacial score (nSPS) is 11.8. The zero-order valence-electron chi connectivity index (χ0n) is 16.4. The minimum absolute atomic E-state index is 0.0599. The summed E-state index contributed by atoms with van der Waals surface area (Å²) in [6.07, 6.45) is 2.29. The Hall–Kier alpha value is -3.07. The summed E-state index contributed by atoms with van der Waals surface area (Å²) in [5.74, 6) is -0.716. The fourth-order valence-electron chi connectivity index (χ4n) is 3.03. The Bertz CT molecular complexity index is 1080. The number of ether oxygens (including phenoxy) is 1. The number of aromatic amines is 1. The maximum absolute atomic E-state index is 12.0. The van der Waals surface area contributed by atoms with Crippen molar-refractivity contribution in [3.63, 3.8) is 0 Å². The molecule has 2 N–H and O–H groups in total. The van der Waals surface area contributed by atoms with Crippen LogP contribution in [0, 0.1) is 6.92 Å². The van der Waals surface area contributed by atoms with Gasteiger partial charge in [-0.15, -0.1) is 5.10 Å². The summed E-state index contributed by atoms with van der Waals surface area (Å²) in [5.41, 5.74) is 2.36. The summed E-state index contributed by atoms with van der Waals surface area (Å²) < 4.78 is 6.92. The van der Waals surface area contributed by atoms with E-state index in [-0.39, 0.29) is 17.4 Å². The van der Waals surface area contributed by atoms with Gasteiger partial charge in [0.1, 0.15) is 17.3 Å². The molecule has 29 heavy (non-hydrogen) atoms. The maximum atomic E-state index is 12.0. The predicted molar refractivity (Wildman–Crippen MR) is 111 cm³/mol. The molecule has 0 amide bonds. The Morgan fingerprint density at radius 2 is 2.07 bits per heavy atom. The van der Waals surface area contributed by atoms with Gasteiger partial charge in [-0.05, 0) is 37.8 Å². The van der Waals surface area contributed by atoms with Gasteiger partial charge in [0.05, 0.1) is 6.61 Å². The Balaban J connectivity index is 2.05. The molecule has 0 aliphatic carbocycles. The van der Waals surface area contributed by atoms with E-state index >= 15 is 0 Å². The van der Waals surface area contributed by atoms with Crippen molar-refractivity contribution in [3.05, 3.63) is 46.3 Å². The minimum atomic E-state index is -1.07. The molecule has 1 aromatic carbocycles. The zero-order chi connectivity index (χ0) is 21.0. The zero-order valence-corrected chi connectivity index (χ0v) is 17.2. The molecule has 2 heterocycles. The lowest BCUT2D eigenvalue weighted by Gasteiger charge is -2.07. The molecule has 0 bridgehead atoms. The largest absolute Gasteiger partial charge is 0.477 e. The summed E-state index contributed by atoms with van der Waals surface area (Å²) >= 11 is 0.984. The van der Waals surface area contributed by atoms with Crippen molar-refractivity contribution >= 4 is 40.7 Å². The van der Waals surface area contributed by atoms with Crippen molar-refractivity contribution in [1.82, 2.24) is 19.7 Å². The van der Waals surface area contributed by atoms with Crippen LogP contribution in [-0.4, -0.2) is 43.4 Å². The highest BCUT2D eigenvalue weighted by Crippen LogP contribution is 2.32. The summed E-state index contributed by atoms with van der Waals surface area (Å²) in [5, 5.41) is 17.8. The van der Waals surface area contributed by atoms with Gasteiger partial charge >= 0.3 is 11.9 Å². The third kappa shape index (κ3) is 4.51. The molecule has 3 rings (SSSR count). The van der Waals surface area contributed by atoms with Gasteiger partial charge in [0.15, 0.2) is 0 Å². The molecule has 9 heteroatoms. The van der Waals surface area contributed by atoms with Crippen molar-refractivity contribution in [2.45, 2.75) is 38.9 Å². The molecule has 2 aromatic heterocycles. The number of H-pyrrole nitrogens is 1. The number of nitrogens with zero attached hydrogens (tertiary/aromatic N) is 3. The van der Waals surface area contributed by atoms with Gasteiger partial charge < -0.3 is 14.4 Å². The van der Waals surface area contributed by atoms with Crippen LogP contribution in [0.3, 0.4) is 0 Å². The second-order valence-electron chi connectivity index (χ2n) is 6.24. The van der Waals surface area contributed by atoms with Gasteiger partial charge in [-0.2, -0.15) is 0 Å². The van der Waals surface area contributed by atoms with Gasteiger partial charge in [-0.3, -0.25) is 9.89 Å². The number of rotatable bonds is 8. The van der Waals surface area contributed by atoms with Gasteiger partial charge in [-0.25, -0.2) is 9.78 Å². The van der Waals surface area contributed by atoms with Crippen LogP contribution in [0.4, 0.5) is 0 Å². The number of aromatic nitrogens is 4. The Morgan fingerprint density at radius 1 is 1.31 bits per heavy atom. The second-order valence-corrected chi connectivity index (χ2v) is 7.25. The number of nitrogens with one attached hydrogen (secondary N) is 1. The van der Waals surface area contributed by atoms with Crippen molar-refractivity contribution in [2.24, 2.45) is 0 Å². The third-order valence-corrected chi connectivity index (χ3v) is 5.28. The number of benzene rings is 1. The molecule has 0 radical (unpaired) electrons. The molecule has 0 aliphatic heterocycles. The highest BCUT2D eigenvalue weighted by Gasteiger charge is 2.19. The van der Waals surface area contributed by atoms with E-state index in [0.717, 1.165) is 33.9 Å². The number of carbonyl (C=O) groups is 2. The quantitative estimate of drug-likeness (QED) is 0.330. The van der Waals surface area contributed by atoms with Crippen LogP contribution in [-0.2, 0) is 27.3 Å². The first-order chi connectivity index (χ1) is 13.9. The van der Waals surface area contributed by atoms with Crippen LogP contribution in [0.2, 0.25) is 0 Å². The first-order valence-corrected chi connectivity index (χ1v) is 10.0. The van der Waals surface area contributed by atoms with Crippen LogP contribution in [0.1, 0.15) is 30.9 Å². The number of esters is 1. The number of fused-ring (bicyclic) bond motifs is 1. The topological polar surface area (TPSA) is 110 Å². The van der Waals surface area contributed by atoms with Crippen LogP contribution < -0.4 is 0 Å². The number of para-hydroxylation sites is 1. The summed E-state index contributed by atoms with van der Waals surface area (Å²) in [7, 11) is 0. The Kier molecular flexibility index (Phi) is 6.38. The number of thioether (sulfide) groups is 1. The molecule has 0 saturated carbocycles. The number of hydrogen-bond donors (Lipinski definition) is 2. The van der Waals surface area contributed by atoms with E-state index in [0.29, 0.717) is 24.0 Å². The standard InChI is InChI=1S/C20H22N4O4S/c1-4-17-21-20(23-22-17)29-16(19(26)27)10-14-12(3)24(11-18(25)28-5-2)15-9-7-6-8-13(14)15/h6-10H,4-5,11H2,1-3H3,(H,26,27)(H,21,22,23)/b16-10-. The van der Waals surface area contributed by atoms with Gasteiger partial charge in [0.25, 0.3) is 0 Å². The number of hydrogen-bond acceptors (Lipinski definition) is 6. The van der Waals surface area contributed by atoms with E-state index in [1.54, 1.807) is 13.0 Å². The van der Waals surface area contributed by atoms with Crippen molar-refractivity contribution < 1.29 is 19.4 Å². The molecule has 0 saturated heterocycles. The fraction of sp³-hybridized carbons (Fsp3) is 0.300. The average molecular weight is 414 g/mol. The Morgan fingerprint density at radius 3 is 2.72 bits per heavy atom. The van der Waals surface area contributed by atoms with E-state index < -0.39 is 5.97 Å². The van der Waals surface area contributed by atoms with Crippen LogP contribution in [0.15, 0.2) is 34.3 Å². The molecule has 0 unspecified atom stereocenters. The van der Waals surface area contributed by atoms with Crippen molar-refractivity contribution in [2.75, 3.05) is 6.61 Å². The molecule has 0 atom stereocenters. The van der Waals surface area contributed by atoms with Crippen molar-refractivity contribution in [3.8, 4) is 0 Å². The summed E-state index contributed by atoms with van der Waals surface area (Å²) in [4.78, 5) is 28.3. The molecule has 0 fully saturated rings. The van der Waals surface area contributed by atoms with E-state index in [9.17, 15) is 14.7 Å². The highest BCUT2D eigenvalue weighted by atomic mass is 32.2. The number of carbonyl (C=O) groups excluding carboxylic acids is 1. The monoisotopic (exact) mass is 414 g/mol. The molecular weight excluding hydrogens is 392 g/mol. The van der Waals surface area contributed by atoms with E-state index in [2.05, 4.69) is 15.2 Å². The first kappa shape index (κ1) is 20.7. The van der Waals surface area contributed by atoms with E-state index in [4.69, 9.17) is 4.74 Å². The molecule has 0 spiro atoms. The second kappa shape index (κ2) is 8.95. The first-order valence-electron chi connectivity index (χ1n) is 9.22.